The quantitative estimate of drug-likeness (QED) is 0.579. The molecular formula is C25H19ClFN3O3S. The molecule has 9 heteroatoms. The van der Waals surface area contributed by atoms with Crippen molar-refractivity contribution in [3.8, 4) is 0 Å². The molecule has 0 aromatic heterocycles. The molecule has 2 aliphatic heterocycles. The number of thioether (sulfide) groups is 1. The van der Waals surface area contributed by atoms with Gasteiger partial charge in [0, 0.05) is 22.8 Å². The number of halogens is 2. The minimum atomic E-state index is -1.35. The molecule has 0 aliphatic carbocycles. The fourth-order valence-electron chi connectivity index (χ4n) is 4.34. The minimum absolute atomic E-state index is 0.0873. The number of hydrogen-bond acceptors (Lipinski definition) is 4. The summed E-state index contributed by atoms with van der Waals surface area (Å²) in [4.78, 5) is 41.1. The molecule has 2 heterocycles. The zero-order valence-corrected chi connectivity index (χ0v) is 19.4. The zero-order valence-electron chi connectivity index (χ0n) is 17.8. The summed E-state index contributed by atoms with van der Waals surface area (Å²) in [5.41, 5.74) is 2.37. The van der Waals surface area contributed by atoms with Gasteiger partial charge in [-0.15, -0.1) is 11.8 Å². The molecule has 0 bridgehead atoms. The molecule has 0 saturated carbocycles. The SMILES string of the molecule is O=C(CN1C(=O)[C@]2(SCC(=O)N2c2ccc(F)cc2)c2ccccc21)NCc1ccccc1Cl. The monoisotopic (exact) mass is 495 g/mol. The number of nitrogens with one attached hydrogen (secondary N) is 1. The highest BCUT2D eigenvalue weighted by molar-refractivity contribution is 8.02. The largest absolute Gasteiger partial charge is 0.350 e. The number of anilines is 2. The lowest BCUT2D eigenvalue weighted by molar-refractivity contribution is -0.125. The number of nitrogens with zero attached hydrogens (tertiary/aromatic N) is 2. The Balaban J connectivity index is 1.45. The minimum Gasteiger partial charge on any atom is -0.350 e. The van der Waals surface area contributed by atoms with Crippen LogP contribution >= 0.6 is 23.4 Å². The van der Waals surface area contributed by atoms with Crippen molar-refractivity contribution in [2.45, 2.75) is 11.4 Å². The third kappa shape index (κ3) is 3.63. The van der Waals surface area contributed by atoms with Crippen molar-refractivity contribution in [3.63, 3.8) is 0 Å². The molecule has 3 amide bonds. The fourth-order valence-corrected chi connectivity index (χ4v) is 5.90. The Labute approximate surface area is 204 Å². The van der Waals surface area contributed by atoms with Crippen molar-refractivity contribution in [1.82, 2.24) is 5.32 Å². The van der Waals surface area contributed by atoms with Gasteiger partial charge in [0.05, 0.1) is 11.4 Å². The van der Waals surface area contributed by atoms with Crippen LogP contribution in [0.4, 0.5) is 15.8 Å². The molecular weight excluding hydrogens is 477 g/mol. The molecule has 1 spiro atoms. The summed E-state index contributed by atoms with van der Waals surface area (Å²) in [6.45, 7) is 0.0102. The molecule has 5 rings (SSSR count). The molecule has 0 unspecified atom stereocenters. The second-order valence-corrected chi connectivity index (χ2v) is 9.49. The second kappa shape index (κ2) is 8.77. The van der Waals surface area contributed by atoms with E-state index < -0.39 is 10.7 Å². The van der Waals surface area contributed by atoms with Crippen LogP contribution in [0.1, 0.15) is 11.1 Å². The van der Waals surface area contributed by atoms with Crippen LogP contribution in [0.5, 0.6) is 0 Å². The second-order valence-electron chi connectivity index (χ2n) is 7.91. The van der Waals surface area contributed by atoms with E-state index >= 15 is 0 Å². The van der Waals surface area contributed by atoms with E-state index in [4.69, 9.17) is 11.6 Å². The van der Waals surface area contributed by atoms with Crippen molar-refractivity contribution in [2.75, 3.05) is 22.1 Å². The van der Waals surface area contributed by atoms with Gasteiger partial charge in [0.2, 0.25) is 16.7 Å². The van der Waals surface area contributed by atoms with Crippen LogP contribution in [0.3, 0.4) is 0 Å². The Hall–Kier alpha value is -3.36. The first-order valence-corrected chi connectivity index (χ1v) is 11.9. The summed E-state index contributed by atoms with van der Waals surface area (Å²) in [5, 5.41) is 3.35. The van der Waals surface area contributed by atoms with Gasteiger partial charge in [-0.2, -0.15) is 0 Å². The van der Waals surface area contributed by atoms with Crippen LogP contribution in [0.2, 0.25) is 5.02 Å². The molecule has 3 aromatic rings. The molecule has 0 radical (unpaired) electrons. The molecule has 34 heavy (non-hydrogen) atoms. The van der Waals surface area contributed by atoms with Gasteiger partial charge in [0.25, 0.3) is 5.91 Å². The number of rotatable bonds is 5. The van der Waals surface area contributed by atoms with E-state index in [1.54, 1.807) is 36.4 Å². The highest BCUT2D eigenvalue weighted by Gasteiger charge is 2.61. The Kier molecular flexibility index (Phi) is 5.79. The highest BCUT2D eigenvalue weighted by atomic mass is 35.5. The maximum Gasteiger partial charge on any atom is 0.269 e. The van der Waals surface area contributed by atoms with Gasteiger partial charge < -0.3 is 5.32 Å². The third-order valence-corrected chi connectivity index (χ3v) is 7.64. The van der Waals surface area contributed by atoms with Crippen LogP contribution in [-0.4, -0.2) is 30.0 Å². The van der Waals surface area contributed by atoms with Gasteiger partial charge in [0.15, 0.2) is 0 Å². The van der Waals surface area contributed by atoms with E-state index in [-0.39, 0.29) is 36.6 Å². The number of amides is 3. The van der Waals surface area contributed by atoms with Crippen LogP contribution < -0.4 is 15.1 Å². The van der Waals surface area contributed by atoms with Crippen molar-refractivity contribution in [3.05, 3.63) is 94.8 Å². The maximum absolute atomic E-state index is 13.9. The van der Waals surface area contributed by atoms with Gasteiger partial charge in [-0.25, -0.2) is 4.39 Å². The third-order valence-electron chi connectivity index (χ3n) is 5.88. The van der Waals surface area contributed by atoms with E-state index in [9.17, 15) is 18.8 Å². The Bertz CT molecular complexity index is 1300. The molecule has 1 saturated heterocycles. The summed E-state index contributed by atoms with van der Waals surface area (Å²) in [5.74, 6) is -1.36. The lowest BCUT2D eigenvalue weighted by atomic mass is 10.0. The summed E-state index contributed by atoms with van der Waals surface area (Å²) < 4.78 is 13.5. The molecule has 2 aliphatic rings. The zero-order chi connectivity index (χ0) is 23.9. The molecule has 1 fully saturated rings. The first-order chi connectivity index (χ1) is 16.4. The van der Waals surface area contributed by atoms with Crippen molar-refractivity contribution in [2.24, 2.45) is 0 Å². The number of fused-ring (bicyclic) bond motifs is 2. The standard InChI is InChI=1S/C25H19ClFN3O3S/c26-20-7-3-1-5-16(20)13-28-22(31)14-29-21-8-4-2-6-19(21)25(24(29)33)30(23(32)15-34-25)18-11-9-17(27)10-12-18/h1-12H,13-15H2,(H,28,31)/t25-/m1/s1. The summed E-state index contributed by atoms with van der Waals surface area (Å²) in [6.07, 6.45) is 0. The van der Waals surface area contributed by atoms with Crippen LogP contribution in [0.25, 0.3) is 0 Å². The van der Waals surface area contributed by atoms with E-state index in [0.717, 1.165) is 5.56 Å². The Morgan fingerprint density at radius 1 is 1.03 bits per heavy atom. The van der Waals surface area contributed by atoms with Gasteiger partial charge >= 0.3 is 0 Å². The highest BCUT2D eigenvalue weighted by Crippen LogP contribution is 2.55. The summed E-state index contributed by atoms with van der Waals surface area (Å²) >= 11 is 7.37. The molecule has 3 aromatic carbocycles. The van der Waals surface area contributed by atoms with Crippen LogP contribution in [0.15, 0.2) is 72.8 Å². The predicted octanol–water partition coefficient (Wildman–Crippen LogP) is 4.07. The topological polar surface area (TPSA) is 69.7 Å². The van der Waals surface area contributed by atoms with Gasteiger partial charge in [-0.1, -0.05) is 48.0 Å². The number of carbonyl (C=O) groups excluding carboxylic acids is 3. The Morgan fingerprint density at radius 3 is 2.50 bits per heavy atom. The van der Waals surface area contributed by atoms with Crippen LogP contribution in [-0.2, 0) is 25.8 Å². The van der Waals surface area contributed by atoms with Gasteiger partial charge in [-0.05, 0) is 42.0 Å². The first-order valence-electron chi connectivity index (χ1n) is 10.6. The molecule has 172 valence electrons. The Morgan fingerprint density at radius 2 is 1.74 bits per heavy atom. The van der Waals surface area contributed by atoms with E-state index in [1.807, 2.05) is 12.1 Å². The molecule has 6 nitrogen and oxygen atoms in total. The number of para-hydroxylation sites is 1. The molecule has 1 N–H and O–H groups in total. The van der Waals surface area contributed by atoms with Crippen LogP contribution in [0, 0.1) is 5.82 Å². The number of carbonyl (C=O) groups is 3. The normalized spacial score (nSPS) is 19.1. The lowest BCUT2D eigenvalue weighted by Crippen LogP contribution is -2.51. The average molecular weight is 496 g/mol. The summed E-state index contributed by atoms with van der Waals surface area (Å²) in [7, 11) is 0. The smallest absolute Gasteiger partial charge is 0.269 e. The van der Waals surface area contributed by atoms with E-state index in [1.165, 1.54) is 45.8 Å². The van der Waals surface area contributed by atoms with Crippen molar-refractivity contribution >= 4 is 52.5 Å². The molecule has 1 atom stereocenters. The fraction of sp³-hybridized carbons (Fsp3) is 0.160. The van der Waals surface area contributed by atoms with Crippen molar-refractivity contribution < 1.29 is 18.8 Å². The average Bonchev–Trinajstić information content (AvgIpc) is 3.30. The van der Waals surface area contributed by atoms with Crippen molar-refractivity contribution in [1.29, 1.82) is 0 Å². The van der Waals surface area contributed by atoms with Gasteiger partial charge in [-0.3, -0.25) is 24.2 Å². The van der Waals surface area contributed by atoms with Gasteiger partial charge in [0.1, 0.15) is 12.4 Å². The predicted molar refractivity (Wildman–Crippen MR) is 130 cm³/mol. The lowest BCUT2D eigenvalue weighted by Gasteiger charge is -2.33. The van der Waals surface area contributed by atoms with E-state index in [2.05, 4.69) is 5.32 Å². The number of benzene rings is 3. The summed E-state index contributed by atoms with van der Waals surface area (Å²) in [6, 6.07) is 19.8. The maximum atomic E-state index is 13.9. The van der Waals surface area contributed by atoms with E-state index in [0.29, 0.717) is 22.0 Å². The first kappa shape index (κ1) is 22.4. The number of hydrogen-bond donors (Lipinski definition) is 1.